The average Bonchev–Trinajstić information content (AvgIpc) is 2.41. The number of carbonyl (C=O) groups is 3. The number of carbonyl (C=O) groups excluding carboxylic acids is 2. The van der Waals surface area contributed by atoms with Gasteiger partial charge >= 0.3 is 5.97 Å². The van der Waals surface area contributed by atoms with Crippen LogP contribution in [0.4, 0.5) is 5.69 Å². The summed E-state index contributed by atoms with van der Waals surface area (Å²) in [6, 6.07) is 4.97. The third-order valence-electron chi connectivity index (χ3n) is 3.32. The summed E-state index contributed by atoms with van der Waals surface area (Å²) >= 11 is 0. The quantitative estimate of drug-likeness (QED) is 0.638. The average molecular weight is 288 g/mol. The predicted molar refractivity (Wildman–Crippen MR) is 77.8 cm³/mol. The molecule has 1 aromatic rings. The standard InChI is InChI=1S/C15H16N2O4/c1-9-3-5-12(11(7-9)4-6-14(19)20)17-8-13(18)16-15(21)10(17)2/h3-7,10H,8H2,1-2H3,(H,19,20)(H,16,18,21)/b6-4+. The first-order chi connectivity index (χ1) is 9.88. The summed E-state index contributed by atoms with van der Waals surface area (Å²) in [4.78, 5) is 35.7. The van der Waals surface area contributed by atoms with Gasteiger partial charge in [0.05, 0.1) is 6.54 Å². The van der Waals surface area contributed by atoms with Crippen LogP contribution < -0.4 is 10.2 Å². The number of anilines is 1. The van der Waals surface area contributed by atoms with Crippen molar-refractivity contribution in [3.63, 3.8) is 0 Å². The van der Waals surface area contributed by atoms with Crippen molar-refractivity contribution < 1.29 is 19.5 Å². The number of hydrogen-bond donors (Lipinski definition) is 2. The highest BCUT2D eigenvalue weighted by Crippen LogP contribution is 2.26. The highest BCUT2D eigenvalue weighted by molar-refractivity contribution is 6.04. The van der Waals surface area contributed by atoms with Crippen molar-refractivity contribution in [1.29, 1.82) is 0 Å². The number of rotatable bonds is 3. The maximum Gasteiger partial charge on any atom is 0.328 e. The predicted octanol–water partition coefficient (Wildman–Crippen LogP) is 0.944. The number of imide groups is 1. The molecule has 1 aliphatic rings. The monoisotopic (exact) mass is 288 g/mol. The fraction of sp³-hybridized carbons (Fsp3) is 0.267. The van der Waals surface area contributed by atoms with Crippen LogP contribution >= 0.6 is 0 Å². The van der Waals surface area contributed by atoms with Gasteiger partial charge < -0.3 is 10.0 Å². The number of carboxylic acids is 1. The fourth-order valence-electron chi connectivity index (χ4n) is 2.24. The molecule has 0 radical (unpaired) electrons. The van der Waals surface area contributed by atoms with Gasteiger partial charge in [0.2, 0.25) is 11.8 Å². The molecule has 1 heterocycles. The summed E-state index contributed by atoms with van der Waals surface area (Å²) in [7, 11) is 0. The molecule has 1 aliphatic heterocycles. The summed E-state index contributed by atoms with van der Waals surface area (Å²) in [6.07, 6.45) is 2.50. The van der Waals surface area contributed by atoms with Crippen LogP contribution in [0.2, 0.25) is 0 Å². The van der Waals surface area contributed by atoms with Gasteiger partial charge in [0, 0.05) is 11.8 Å². The Balaban J connectivity index is 2.44. The molecular weight excluding hydrogens is 272 g/mol. The SMILES string of the molecule is Cc1ccc(N2CC(=O)NC(=O)C2C)c(/C=C/C(=O)O)c1. The number of piperazine rings is 1. The minimum Gasteiger partial charge on any atom is -0.478 e. The molecule has 2 rings (SSSR count). The van der Waals surface area contributed by atoms with Gasteiger partial charge in [0.1, 0.15) is 6.04 Å². The second-order valence-corrected chi connectivity index (χ2v) is 4.95. The van der Waals surface area contributed by atoms with E-state index in [1.54, 1.807) is 17.9 Å². The number of aryl methyl sites for hydroxylation is 1. The van der Waals surface area contributed by atoms with Crippen molar-refractivity contribution in [2.75, 3.05) is 11.4 Å². The van der Waals surface area contributed by atoms with E-state index in [1.807, 2.05) is 19.1 Å². The molecule has 0 spiro atoms. The van der Waals surface area contributed by atoms with E-state index >= 15 is 0 Å². The fourth-order valence-corrected chi connectivity index (χ4v) is 2.24. The van der Waals surface area contributed by atoms with Gasteiger partial charge in [0.15, 0.2) is 0 Å². The van der Waals surface area contributed by atoms with E-state index in [0.717, 1.165) is 11.6 Å². The summed E-state index contributed by atoms with van der Waals surface area (Å²) in [5.74, 6) is -1.78. The number of carboxylic acid groups (broad SMARTS) is 1. The Morgan fingerprint density at radius 3 is 2.81 bits per heavy atom. The van der Waals surface area contributed by atoms with E-state index in [9.17, 15) is 14.4 Å². The van der Waals surface area contributed by atoms with Crippen LogP contribution in [-0.4, -0.2) is 35.5 Å². The van der Waals surface area contributed by atoms with Crippen LogP contribution in [-0.2, 0) is 14.4 Å². The Kier molecular flexibility index (Phi) is 4.07. The largest absolute Gasteiger partial charge is 0.478 e. The lowest BCUT2D eigenvalue weighted by Crippen LogP contribution is -2.57. The third kappa shape index (κ3) is 3.28. The van der Waals surface area contributed by atoms with Gasteiger partial charge in [-0.3, -0.25) is 14.9 Å². The van der Waals surface area contributed by atoms with Crippen LogP contribution in [0.3, 0.4) is 0 Å². The molecule has 0 aromatic heterocycles. The number of nitrogens with zero attached hydrogens (tertiary/aromatic N) is 1. The van der Waals surface area contributed by atoms with E-state index in [4.69, 9.17) is 5.11 Å². The third-order valence-corrected chi connectivity index (χ3v) is 3.32. The van der Waals surface area contributed by atoms with Crippen LogP contribution in [0.1, 0.15) is 18.1 Å². The van der Waals surface area contributed by atoms with Gasteiger partial charge in [-0.25, -0.2) is 4.79 Å². The minimum atomic E-state index is -1.05. The molecule has 2 amide bonds. The molecule has 1 saturated heterocycles. The van der Waals surface area contributed by atoms with Crippen LogP contribution in [0.15, 0.2) is 24.3 Å². The molecule has 1 unspecified atom stereocenters. The van der Waals surface area contributed by atoms with E-state index < -0.39 is 12.0 Å². The summed E-state index contributed by atoms with van der Waals surface area (Å²) < 4.78 is 0. The first-order valence-corrected chi connectivity index (χ1v) is 6.50. The van der Waals surface area contributed by atoms with Crippen LogP contribution in [0.5, 0.6) is 0 Å². The maximum absolute atomic E-state index is 11.7. The summed E-state index contributed by atoms with van der Waals surface area (Å²) in [5, 5.41) is 11.0. The molecule has 1 fully saturated rings. The number of benzene rings is 1. The number of nitrogens with one attached hydrogen (secondary N) is 1. The second kappa shape index (κ2) is 5.78. The van der Waals surface area contributed by atoms with E-state index in [1.165, 1.54) is 6.08 Å². The van der Waals surface area contributed by atoms with Gasteiger partial charge in [-0.1, -0.05) is 11.6 Å². The van der Waals surface area contributed by atoms with Crippen LogP contribution in [0, 0.1) is 6.92 Å². The minimum absolute atomic E-state index is 0.0594. The molecule has 6 nitrogen and oxygen atoms in total. The number of amides is 2. The van der Waals surface area contributed by atoms with Crippen molar-refractivity contribution in [2.45, 2.75) is 19.9 Å². The molecule has 0 saturated carbocycles. The van der Waals surface area contributed by atoms with Gasteiger partial charge in [-0.2, -0.15) is 0 Å². The zero-order chi connectivity index (χ0) is 15.6. The maximum atomic E-state index is 11.7. The van der Waals surface area contributed by atoms with Crippen molar-refractivity contribution in [3.05, 3.63) is 35.4 Å². The van der Waals surface area contributed by atoms with Crippen LogP contribution in [0.25, 0.3) is 6.08 Å². The Morgan fingerprint density at radius 2 is 2.14 bits per heavy atom. The second-order valence-electron chi connectivity index (χ2n) is 4.95. The molecule has 0 bridgehead atoms. The Hall–Kier alpha value is -2.63. The number of hydrogen-bond acceptors (Lipinski definition) is 4. The molecule has 2 N–H and O–H groups in total. The van der Waals surface area contributed by atoms with Crippen molar-refractivity contribution in [3.8, 4) is 0 Å². The van der Waals surface area contributed by atoms with E-state index in [2.05, 4.69) is 5.32 Å². The Morgan fingerprint density at radius 1 is 1.43 bits per heavy atom. The Labute approximate surface area is 122 Å². The Bertz CT molecular complexity index is 637. The normalized spacial score (nSPS) is 19.0. The van der Waals surface area contributed by atoms with Gasteiger partial charge in [-0.05, 0) is 37.6 Å². The molecule has 21 heavy (non-hydrogen) atoms. The van der Waals surface area contributed by atoms with Gasteiger partial charge in [-0.15, -0.1) is 0 Å². The van der Waals surface area contributed by atoms with E-state index in [-0.39, 0.29) is 18.4 Å². The lowest BCUT2D eigenvalue weighted by atomic mass is 10.0. The number of aliphatic carboxylic acids is 1. The highest BCUT2D eigenvalue weighted by Gasteiger charge is 2.31. The lowest BCUT2D eigenvalue weighted by molar-refractivity contribution is -0.133. The zero-order valence-corrected chi connectivity index (χ0v) is 11.8. The molecule has 0 aliphatic carbocycles. The van der Waals surface area contributed by atoms with Gasteiger partial charge in [0.25, 0.3) is 0 Å². The molecular formula is C15H16N2O4. The van der Waals surface area contributed by atoms with Crippen molar-refractivity contribution in [1.82, 2.24) is 5.32 Å². The van der Waals surface area contributed by atoms with Crippen molar-refractivity contribution in [2.24, 2.45) is 0 Å². The first kappa shape index (κ1) is 14.8. The summed E-state index contributed by atoms with van der Waals surface area (Å²) in [6.45, 7) is 3.65. The van der Waals surface area contributed by atoms with E-state index in [0.29, 0.717) is 11.3 Å². The smallest absolute Gasteiger partial charge is 0.328 e. The first-order valence-electron chi connectivity index (χ1n) is 6.50. The topological polar surface area (TPSA) is 86.7 Å². The van der Waals surface area contributed by atoms with Crippen molar-refractivity contribution >= 4 is 29.5 Å². The molecule has 1 aromatic carbocycles. The molecule has 1 atom stereocenters. The molecule has 6 heteroatoms. The lowest BCUT2D eigenvalue weighted by Gasteiger charge is -2.34. The summed E-state index contributed by atoms with van der Waals surface area (Å²) in [5.41, 5.74) is 2.28. The molecule has 110 valence electrons. The zero-order valence-electron chi connectivity index (χ0n) is 11.8. The highest BCUT2D eigenvalue weighted by atomic mass is 16.4.